The Morgan fingerprint density at radius 1 is 1.41 bits per heavy atom. The van der Waals surface area contributed by atoms with Gasteiger partial charge in [0.25, 0.3) is 0 Å². The van der Waals surface area contributed by atoms with Gasteiger partial charge in [-0.15, -0.1) is 0 Å². The summed E-state index contributed by atoms with van der Waals surface area (Å²) in [6, 6.07) is 7.90. The normalized spacial score (nSPS) is 9.88. The average molecular weight is 228 g/mol. The van der Waals surface area contributed by atoms with Crippen LogP contribution in [0.25, 0.3) is 0 Å². The Kier molecular flexibility index (Phi) is 3.01. The number of benzene rings is 1. The van der Waals surface area contributed by atoms with Crippen molar-refractivity contribution < 1.29 is 9.18 Å². The molecule has 0 aliphatic carbocycles. The SMILES string of the molecule is N#Cc1cc(Cn2ccc(C=O)c2)ccc1F. The Morgan fingerprint density at radius 3 is 2.88 bits per heavy atom. The number of aromatic nitrogens is 1. The van der Waals surface area contributed by atoms with E-state index in [0.717, 1.165) is 11.8 Å². The molecule has 0 aliphatic heterocycles. The first-order valence-electron chi connectivity index (χ1n) is 5.02. The summed E-state index contributed by atoms with van der Waals surface area (Å²) in [6.07, 6.45) is 4.23. The van der Waals surface area contributed by atoms with Crippen LogP contribution in [0.1, 0.15) is 21.5 Å². The van der Waals surface area contributed by atoms with Gasteiger partial charge in [-0.3, -0.25) is 4.79 Å². The minimum Gasteiger partial charge on any atom is -0.349 e. The van der Waals surface area contributed by atoms with E-state index >= 15 is 0 Å². The zero-order chi connectivity index (χ0) is 12.3. The lowest BCUT2D eigenvalue weighted by atomic mass is 10.1. The lowest BCUT2D eigenvalue weighted by molar-refractivity contribution is 0.112. The van der Waals surface area contributed by atoms with Crippen LogP contribution in [0.3, 0.4) is 0 Å². The lowest BCUT2D eigenvalue weighted by Crippen LogP contribution is -1.97. The zero-order valence-corrected chi connectivity index (χ0v) is 8.93. The summed E-state index contributed by atoms with van der Waals surface area (Å²) < 4.78 is 14.9. The smallest absolute Gasteiger partial charge is 0.151 e. The second kappa shape index (κ2) is 4.62. The number of carbonyl (C=O) groups is 1. The highest BCUT2D eigenvalue weighted by molar-refractivity contribution is 5.74. The fourth-order valence-corrected chi connectivity index (χ4v) is 1.59. The van der Waals surface area contributed by atoms with Crippen molar-refractivity contribution in [3.05, 3.63) is 59.2 Å². The molecular formula is C13H9FN2O. The molecule has 0 aliphatic rings. The number of halogens is 1. The van der Waals surface area contributed by atoms with E-state index in [1.165, 1.54) is 12.1 Å². The number of hydrogen-bond donors (Lipinski definition) is 0. The van der Waals surface area contributed by atoms with Gasteiger partial charge in [0.15, 0.2) is 6.29 Å². The molecule has 0 N–H and O–H groups in total. The van der Waals surface area contributed by atoms with E-state index in [0.29, 0.717) is 12.1 Å². The van der Waals surface area contributed by atoms with Crippen LogP contribution in [-0.2, 0) is 6.54 Å². The molecule has 2 aromatic rings. The first-order chi connectivity index (χ1) is 8.22. The monoisotopic (exact) mass is 228 g/mol. The van der Waals surface area contributed by atoms with E-state index in [4.69, 9.17) is 5.26 Å². The summed E-state index contributed by atoms with van der Waals surface area (Å²) in [4.78, 5) is 10.5. The molecule has 3 nitrogen and oxygen atoms in total. The number of nitriles is 1. The van der Waals surface area contributed by atoms with Crippen molar-refractivity contribution in [3.63, 3.8) is 0 Å². The molecule has 1 aromatic carbocycles. The van der Waals surface area contributed by atoms with Crippen molar-refractivity contribution in [1.82, 2.24) is 4.57 Å². The predicted molar refractivity (Wildman–Crippen MR) is 60.0 cm³/mol. The third-order valence-electron chi connectivity index (χ3n) is 2.43. The minimum atomic E-state index is -0.516. The van der Waals surface area contributed by atoms with Gasteiger partial charge in [0.1, 0.15) is 11.9 Å². The molecule has 0 radical (unpaired) electrons. The third kappa shape index (κ3) is 2.40. The van der Waals surface area contributed by atoms with Crippen molar-refractivity contribution in [3.8, 4) is 6.07 Å². The molecule has 0 saturated carbocycles. The molecule has 0 saturated heterocycles. The Bertz CT molecular complexity index is 596. The van der Waals surface area contributed by atoms with Gasteiger partial charge in [-0.2, -0.15) is 5.26 Å². The summed E-state index contributed by atoms with van der Waals surface area (Å²) >= 11 is 0. The highest BCUT2D eigenvalue weighted by atomic mass is 19.1. The summed E-state index contributed by atoms with van der Waals surface area (Å²) in [6.45, 7) is 0.503. The van der Waals surface area contributed by atoms with E-state index in [2.05, 4.69) is 0 Å². The van der Waals surface area contributed by atoms with Gasteiger partial charge in [-0.1, -0.05) is 6.07 Å². The molecule has 0 fully saturated rings. The van der Waals surface area contributed by atoms with Crippen molar-refractivity contribution in [2.24, 2.45) is 0 Å². The topological polar surface area (TPSA) is 45.8 Å². The molecular weight excluding hydrogens is 219 g/mol. The summed E-state index contributed by atoms with van der Waals surface area (Å²) in [5.74, 6) is -0.516. The second-order valence-electron chi connectivity index (χ2n) is 3.66. The Balaban J connectivity index is 2.24. The van der Waals surface area contributed by atoms with E-state index in [-0.39, 0.29) is 5.56 Å². The van der Waals surface area contributed by atoms with Crippen LogP contribution in [0.4, 0.5) is 4.39 Å². The van der Waals surface area contributed by atoms with Crippen molar-refractivity contribution in [1.29, 1.82) is 5.26 Å². The van der Waals surface area contributed by atoms with Gasteiger partial charge in [0.05, 0.1) is 5.56 Å². The minimum absolute atomic E-state index is 0.0327. The Labute approximate surface area is 97.7 Å². The van der Waals surface area contributed by atoms with E-state index in [9.17, 15) is 9.18 Å². The first kappa shape index (κ1) is 11.1. The standard InChI is InChI=1S/C13H9FN2O/c14-13-2-1-10(5-12(13)6-15)7-16-4-3-11(8-16)9-17/h1-5,8-9H,7H2. The second-order valence-corrected chi connectivity index (χ2v) is 3.66. The highest BCUT2D eigenvalue weighted by Gasteiger charge is 2.03. The fourth-order valence-electron chi connectivity index (χ4n) is 1.59. The number of rotatable bonds is 3. The molecule has 17 heavy (non-hydrogen) atoms. The van der Waals surface area contributed by atoms with Crippen LogP contribution >= 0.6 is 0 Å². The number of nitrogens with zero attached hydrogens (tertiary/aromatic N) is 2. The van der Waals surface area contributed by atoms with Gasteiger partial charge in [-0.05, 0) is 23.8 Å². The van der Waals surface area contributed by atoms with E-state index in [1.807, 2.05) is 0 Å². The predicted octanol–water partition coefficient (Wildman–Crippen LogP) is 2.36. The fraction of sp³-hybridized carbons (Fsp3) is 0.0769. The Hall–Kier alpha value is -2.41. The van der Waals surface area contributed by atoms with Crippen LogP contribution in [0.2, 0.25) is 0 Å². The Morgan fingerprint density at radius 2 is 2.24 bits per heavy atom. The highest BCUT2D eigenvalue weighted by Crippen LogP contribution is 2.11. The van der Waals surface area contributed by atoms with Crippen LogP contribution in [0.15, 0.2) is 36.7 Å². The molecule has 1 aromatic heterocycles. The maximum Gasteiger partial charge on any atom is 0.151 e. The van der Waals surface area contributed by atoms with Crippen molar-refractivity contribution in [2.75, 3.05) is 0 Å². The number of aldehydes is 1. The van der Waals surface area contributed by atoms with Gasteiger partial charge >= 0.3 is 0 Å². The van der Waals surface area contributed by atoms with Gasteiger partial charge in [0.2, 0.25) is 0 Å². The first-order valence-corrected chi connectivity index (χ1v) is 5.02. The van der Waals surface area contributed by atoms with E-state index in [1.54, 1.807) is 35.2 Å². The molecule has 1 heterocycles. The maximum absolute atomic E-state index is 13.1. The summed E-state index contributed by atoms with van der Waals surface area (Å²) in [5, 5.41) is 8.71. The van der Waals surface area contributed by atoms with Crippen molar-refractivity contribution >= 4 is 6.29 Å². The largest absolute Gasteiger partial charge is 0.349 e. The summed E-state index contributed by atoms with van der Waals surface area (Å²) in [7, 11) is 0. The molecule has 0 amide bonds. The molecule has 4 heteroatoms. The third-order valence-corrected chi connectivity index (χ3v) is 2.43. The molecule has 0 bridgehead atoms. The molecule has 84 valence electrons. The zero-order valence-electron chi connectivity index (χ0n) is 8.93. The lowest BCUT2D eigenvalue weighted by Gasteiger charge is -2.03. The van der Waals surface area contributed by atoms with Gasteiger partial charge in [-0.25, -0.2) is 4.39 Å². The average Bonchev–Trinajstić information content (AvgIpc) is 2.79. The van der Waals surface area contributed by atoms with Crippen LogP contribution < -0.4 is 0 Å². The quantitative estimate of drug-likeness (QED) is 0.757. The van der Waals surface area contributed by atoms with Crippen LogP contribution in [0, 0.1) is 17.1 Å². The van der Waals surface area contributed by atoms with Crippen LogP contribution in [-0.4, -0.2) is 10.9 Å². The number of hydrogen-bond acceptors (Lipinski definition) is 2. The van der Waals surface area contributed by atoms with Crippen molar-refractivity contribution in [2.45, 2.75) is 6.54 Å². The summed E-state index contributed by atoms with van der Waals surface area (Å²) in [5.41, 5.74) is 1.44. The molecule has 0 spiro atoms. The van der Waals surface area contributed by atoms with E-state index < -0.39 is 5.82 Å². The van der Waals surface area contributed by atoms with Gasteiger partial charge < -0.3 is 4.57 Å². The number of carbonyl (C=O) groups excluding carboxylic acids is 1. The maximum atomic E-state index is 13.1. The molecule has 0 atom stereocenters. The molecule has 2 rings (SSSR count). The van der Waals surface area contributed by atoms with Crippen LogP contribution in [0.5, 0.6) is 0 Å². The van der Waals surface area contributed by atoms with Gasteiger partial charge in [0, 0.05) is 24.5 Å². The molecule has 0 unspecified atom stereocenters.